The SMILES string of the molecule is CCCC=CS(=O)(=O)OOCCCCCCCCCCCC.[Na]. The molecule has 0 aromatic heterocycles. The molecule has 0 atom stereocenters. The monoisotopic (exact) mass is 357 g/mol. The summed E-state index contributed by atoms with van der Waals surface area (Å²) in [5.74, 6) is 0. The molecule has 4 nitrogen and oxygen atoms in total. The summed E-state index contributed by atoms with van der Waals surface area (Å²) in [5.41, 5.74) is 0. The third kappa shape index (κ3) is 20.6. The van der Waals surface area contributed by atoms with Crippen molar-refractivity contribution < 1.29 is 17.6 Å². The van der Waals surface area contributed by atoms with Crippen LogP contribution in [0.15, 0.2) is 11.5 Å². The first-order valence-electron chi connectivity index (χ1n) is 8.85. The Bertz CT molecular complexity index is 356. The van der Waals surface area contributed by atoms with E-state index in [1.807, 2.05) is 6.92 Å². The van der Waals surface area contributed by atoms with Gasteiger partial charge in [0.2, 0.25) is 0 Å². The van der Waals surface area contributed by atoms with Gasteiger partial charge in [-0.25, -0.2) is 4.89 Å². The van der Waals surface area contributed by atoms with Gasteiger partial charge >= 0.3 is 10.1 Å². The van der Waals surface area contributed by atoms with E-state index >= 15 is 0 Å². The molecule has 1 radical (unpaired) electrons. The van der Waals surface area contributed by atoms with Crippen molar-refractivity contribution >= 4 is 39.7 Å². The van der Waals surface area contributed by atoms with Crippen molar-refractivity contribution in [3.05, 3.63) is 11.5 Å². The molecule has 0 aliphatic rings. The fraction of sp³-hybridized carbons (Fsp3) is 0.882. The smallest absolute Gasteiger partial charge is 0.220 e. The molecule has 0 aromatic carbocycles. The quantitative estimate of drug-likeness (QED) is 0.166. The molecule has 133 valence electrons. The summed E-state index contributed by atoms with van der Waals surface area (Å²) in [6, 6.07) is 0. The van der Waals surface area contributed by atoms with Crippen molar-refractivity contribution in [2.45, 2.75) is 90.9 Å². The van der Waals surface area contributed by atoms with Gasteiger partial charge in [0.25, 0.3) is 0 Å². The van der Waals surface area contributed by atoms with Gasteiger partial charge in [-0.1, -0.05) is 84.1 Å². The number of allylic oxidation sites excluding steroid dienone is 1. The molecule has 0 saturated carbocycles. The number of hydrogen-bond donors (Lipinski definition) is 0. The van der Waals surface area contributed by atoms with Gasteiger partial charge in [0, 0.05) is 29.6 Å². The van der Waals surface area contributed by atoms with Crippen LogP contribution >= 0.6 is 0 Å². The summed E-state index contributed by atoms with van der Waals surface area (Å²) in [6.45, 7) is 4.55. The third-order valence-corrected chi connectivity index (χ3v) is 4.25. The minimum Gasteiger partial charge on any atom is -0.220 e. The molecule has 0 aliphatic heterocycles. The van der Waals surface area contributed by atoms with E-state index in [1.54, 1.807) is 6.08 Å². The molecule has 23 heavy (non-hydrogen) atoms. The maximum absolute atomic E-state index is 11.4. The van der Waals surface area contributed by atoms with E-state index in [4.69, 9.17) is 4.89 Å². The Balaban J connectivity index is 0. The maximum atomic E-state index is 11.4. The molecule has 0 unspecified atom stereocenters. The molecular weight excluding hydrogens is 323 g/mol. The molecule has 0 aliphatic carbocycles. The molecule has 6 heteroatoms. The summed E-state index contributed by atoms with van der Waals surface area (Å²) < 4.78 is 27.2. The first-order valence-corrected chi connectivity index (χ1v) is 10.3. The Hall–Kier alpha value is 0.610. The summed E-state index contributed by atoms with van der Waals surface area (Å²) >= 11 is 0. The van der Waals surface area contributed by atoms with E-state index in [9.17, 15) is 8.42 Å². The van der Waals surface area contributed by atoms with Crippen molar-refractivity contribution in [3.63, 3.8) is 0 Å². The number of rotatable bonds is 16. The molecule has 0 heterocycles. The second kappa shape index (κ2) is 18.9. The second-order valence-electron chi connectivity index (χ2n) is 5.73. The van der Waals surface area contributed by atoms with Gasteiger partial charge in [-0.3, -0.25) is 0 Å². The predicted molar refractivity (Wildman–Crippen MR) is 97.6 cm³/mol. The topological polar surface area (TPSA) is 52.6 Å². The van der Waals surface area contributed by atoms with E-state index in [0.29, 0.717) is 6.61 Å². The standard InChI is InChI=1S/C17H34O4S.Na/c1-3-5-7-8-9-10-11-12-13-14-16-20-21-22(18,19)17-15-6-4-2;/h15,17H,3-14,16H2,1-2H3;. The van der Waals surface area contributed by atoms with E-state index in [0.717, 1.165) is 31.1 Å². The van der Waals surface area contributed by atoms with Crippen molar-refractivity contribution in [1.82, 2.24) is 0 Å². The van der Waals surface area contributed by atoms with Crippen LogP contribution in [0.4, 0.5) is 0 Å². The Morgan fingerprint density at radius 3 is 1.83 bits per heavy atom. The van der Waals surface area contributed by atoms with Gasteiger partial charge in [-0.2, -0.15) is 8.42 Å². The minimum absolute atomic E-state index is 0. The van der Waals surface area contributed by atoms with E-state index < -0.39 is 10.1 Å². The zero-order chi connectivity index (χ0) is 16.5. The van der Waals surface area contributed by atoms with E-state index in [-0.39, 0.29) is 29.6 Å². The molecule has 0 N–H and O–H groups in total. The minimum atomic E-state index is -3.67. The van der Waals surface area contributed by atoms with Crippen LogP contribution in [0.25, 0.3) is 0 Å². The van der Waals surface area contributed by atoms with Crippen LogP contribution in [0, 0.1) is 0 Å². The Labute approximate surface area is 165 Å². The first-order chi connectivity index (χ1) is 10.6. The van der Waals surface area contributed by atoms with Crippen LogP contribution in [0.3, 0.4) is 0 Å². The van der Waals surface area contributed by atoms with Crippen molar-refractivity contribution in [3.8, 4) is 0 Å². The van der Waals surface area contributed by atoms with Gasteiger partial charge in [-0.05, 0) is 12.8 Å². The predicted octanol–water partition coefficient (Wildman–Crippen LogP) is 5.12. The normalized spacial score (nSPS) is 11.7. The van der Waals surface area contributed by atoms with Crippen LogP contribution in [-0.2, 0) is 19.3 Å². The maximum Gasteiger partial charge on any atom is 0.315 e. The number of hydrogen-bond acceptors (Lipinski definition) is 4. The molecule has 0 spiro atoms. The van der Waals surface area contributed by atoms with Crippen LogP contribution < -0.4 is 0 Å². The van der Waals surface area contributed by atoms with E-state index in [1.165, 1.54) is 51.4 Å². The van der Waals surface area contributed by atoms with Crippen LogP contribution in [0.1, 0.15) is 90.9 Å². The van der Waals surface area contributed by atoms with Gasteiger partial charge in [-0.15, -0.1) is 4.33 Å². The fourth-order valence-corrected chi connectivity index (χ4v) is 2.74. The largest absolute Gasteiger partial charge is 0.315 e. The molecule has 0 bridgehead atoms. The molecule has 0 aromatic rings. The molecule has 0 amide bonds. The number of unbranched alkanes of at least 4 members (excludes halogenated alkanes) is 10. The van der Waals surface area contributed by atoms with Crippen molar-refractivity contribution in [2.24, 2.45) is 0 Å². The summed E-state index contributed by atoms with van der Waals surface area (Å²) in [6.07, 6.45) is 15.6. The molecule has 0 fully saturated rings. The Kier molecular flexibility index (Phi) is 21.3. The zero-order valence-electron chi connectivity index (χ0n) is 15.4. The molecular formula is C17H34NaO4S. The second-order valence-corrected chi connectivity index (χ2v) is 7.12. The van der Waals surface area contributed by atoms with Crippen LogP contribution in [0.2, 0.25) is 0 Å². The van der Waals surface area contributed by atoms with Crippen LogP contribution in [-0.4, -0.2) is 44.6 Å². The average molecular weight is 358 g/mol. The fourth-order valence-electron chi connectivity index (χ4n) is 2.12. The molecule has 0 rings (SSSR count). The summed E-state index contributed by atoms with van der Waals surface area (Å²) in [4.78, 5) is 4.76. The first kappa shape index (κ1) is 25.8. The zero-order valence-corrected chi connectivity index (χ0v) is 18.2. The van der Waals surface area contributed by atoms with Gasteiger partial charge in [0.05, 0.1) is 12.0 Å². The third-order valence-electron chi connectivity index (χ3n) is 3.44. The van der Waals surface area contributed by atoms with Crippen molar-refractivity contribution in [1.29, 1.82) is 0 Å². The van der Waals surface area contributed by atoms with Crippen LogP contribution in [0.5, 0.6) is 0 Å². The average Bonchev–Trinajstić information content (AvgIpc) is 2.48. The van der Waals surface area contributed by atoms with Crippen molar-refractivity contribution in [2.75, 3.05) is 6.61 Å². The molecule has 0 saturated heterocycles. The van der Waals surface area contributed by atoms with Gasteiger partial charge < -0.3 is 0 Å². The summed E-state index contributed by atoms with van der Waals surface area (Å²) in [7, 11) is -3.67. The summed E-state index contributed by atoms with van der Waals surface area (Å²) in [5, 5.41) is 1.06. The Morgan fingerprint density at radius 2 is 1.30 bits per heavy atom. The van der Waals surface area contributed by atoms with Gasteiger partial charge in [0.15, 0.2) is 0 Å². The van der Waals surface area contributed by atoms with E-state index in [2.05, 4.69) is 11.3 Å². The van der Waals surface area contributed by atoms with Gasteiger partial charge in [0.1, 0.15) is 0 Å². The Morgan fingerprint density at radius 1 is 0.783 bits per heavy atom.